The minimum Gasteiger partial charge on any atom is -0.495 e. The van der Waals surface area contributed by atoms with E-state index in [1.165, 1.54) is 14.2 Å². The van der Waals surface area contributed by atoms with E-state index in [2.05, 4.69) is 44.2 Å². The maximum atomic E-state index is 12.6. The summed E-state index contributed by atoms with van der Waals surface area (Å²) in [6, 6.07) is 2.75. The number of ether oxygens (including phenoxy) is 2. The second-order valence-corrected chi connectivity index (χ2v) is 16.7. The van der Waals surface area contributed by atoms with Crippen LogP contribution in [-0.4, -0.2) is 46.5 Å². The van der Waals surface area contributed by atoms with Gasteiger partial charge in [0.25, 0.3) is 0 Å². The van der Waals surface area contributed by atoms with Crippen LogP contribution in [0.3, 0.4) is 0 Å². The van der Waals surface area contributed by atoms with Crippen molar-refractivity contribution in [1.29, 1.82) is 0 Å². The Hall–Kier alpha value is -1.51. The monoisotopic (exact) mass is 572 g/mol. The number of pyridine rings is 1. The Morgan fingerprint density at radius 3 is 2.28 bits per heavy atom. The van der Waals surface area contributed by atoms with Crippen LogP contribution < -0.4 is 14.8 Å². The molecule has 2 aromatic rings. The van der Waals surface area contributed by atoms with E-state index >= 15 is 0 Å². The number of benzene rings is 1. The van der Waals surface area contributed by atoms with Gasteiger partial charge in [-0.25, -0.2) is 4.98 Å². The van der Waals surface area contributed by atoms with Crippen LogP contribution in [0.25, 0.3) is 0 Å². The molecule has 198 valence electrons. The van der Waals surface area contributed by atoms with Gasteiger partial charge in [-0.2, -0.15) is 0 Å². The average molecular weight is 574 g/mol. The summed E-state index contributed by atoms with van der Waals surface area (Å²) in [5, 5.41) is 4.52. The van der Waals surface area contributed by atoms with E-state index in [1.807, 2.05) is 0 Å². The fourth-order valence-corrected chi connectivity index (χ4v) is 6.64. The summed E-state index contributed by atoms with van der Waals surface area (Å²) >= 11 is 20.0. The van der Waals surface area contributed by atoms with Gasteiger partial charge in [0.05, 0.1) is 30.3 Å². The highest BCUT2D eigenvalue weighted by Crippen LogP contribution is 2.52. The first-order valence-electron chi connectivity index (χ1n) is 11.9. The molecule has 0 amide bonds. The van der Waals surface area contributed by atoms with Crippen molar-refractivity contribution >= 4 is 55.1 Å². The number of aromatic nitrogens is 1. The van der Waals surface area contributed by atoms with Crippen molar-refractivity contribution in [2.75, 3.05) is 26.1 Å². The molecule has 0 radical (unpaired) electrons. The predicted octanol–water partition coefficient (Wildman–Crippen LogP) is 7.33. The molecular weight excluding hydrogens is 539 g/mol. The van der Waals surface area contributed by atoms with Crippen LogP contribution in [0.4, 0.5) is 5.69 Å². The lowest BCUT2D eigenvalue weighted by Gasteiger charge is -2.45. The number of carbonyl (C=O) groups excluding carboxylic acids is 1. The molecule has 1 aliphatic rings. The van der Waals surface area contributed by atoms with Gasteiger partial charge < -0.3 is 24.0 Å². The molecule has 0 saturated heterocycles. The summed E-state index contributed by atoms with van der Waals surface area (Å²) in [5.74, 6) is 0.851. The van der Waals surface area contributed by atoms with E-state index < -0.39 is 19.8 Å². The topological polar surface area (TPSA) is 69.7 Å². The largest absolute Gasteiger partial charge is 0.495 e. The van der Waals surface area contributed by atoms with Crippen molar-refractivity contribution in [3.8, 4) is 11.5 Å². The van der Waals surface area contributed by atoms with Crippen molar-refractivity contribution < 1.29 is 18.7 Å². The molecule has 1 N–H and O–H groups in total. The van der Waals surface area contributed by atoms with Crippen molar-refractivity contribution in [1.82, 2.24) is 4.98 Å². The van der Waals surface area contributed by atoms with Crippen LogP contribution in [0.15, 0.2) is 18.3 Å². The highest BCUT2D eigenvalue weighted by Gasteiger charge is 2.48. The number of hydrogen-bond donors (Lipinski definition) is 1. The summed E-state index contributed by atoms with van der Waals surface area (Å²) in [5.41, 5.74) is 1.48. The molecule has 36 heavy (non-hydrogen) atoms. The first kappa shape index (κ1) is 29.0. The van der Waals surface area contributed by atoms with Crippen LogP contribution in [0.1, 0.15) is 44.7 Å². The molecule has 2 atom stereocenters. The lowest BCUT2D eigenvalue weighted by Crippen LogP contribution is -2.51. The maximum Gasteiger partial charge on any atom is 0.191 e. The Morgan fingerprint density at radius 2 is 1.75 bits per heavy atom. The average Bonchev–Trinajstić information content (AvgIpc) is 2.81. The van der Waals surface area contributed by atoms with Crippen molar-refractivity contribution in [3.63, 3.8) is 0 Å². The van der Waals surface area contributed by atoms with Crippen molar-refractivity contribution in [2.24, 2.45) is 0 Å². The summed E-state index contributed by atoms with van der Waals surface area (Å²) in [4.78, 5) is 16.9. The van der Waals surface area contributed by atoms with Crippen LogP contribution in [0.5, 0.6) is 11.5 Å². The molecule has 0 saturated carbocycles. The lowest BCUT2D eigenvalue weighted by molar-refractivity contribution is -0.110. The summed E-state index contributed by atoms with van der Waals surface area (Å²) in [6.45, 7) is 11.7. The highest BCUT2D eigenvalue weighted by molar-refractivity contribution is 6.74. The molecule has 0 fully saturated rings. The third-order valence-electron chi connectivity index (χ3n) is 7.61. The quantitative estimate of drug-likeness (QED) is 0.147. The normalized spacial score (nSPS) is 19.9. The van der Waals surface area contributed by atoms with Gasteiger partial charge in [-0.1, -0.05) is 55.6 Å². The maximum absolute atomic E-state index is 12.6. The zero-order chi connectivity index (χ0) is 26.9. The number of rotatable bonds is 9. The van der Waals surface area contributed by atoms with Gasteiger partial charge in [0.1, 0.15) is 22.9 Å². The molecule has 6 nitrogen and oxygen atoms in total. The smallest absolute Gasteiger partial charge is 0.191 e. The fraction of sp³-hybridized carbons (Fsp3) is 0.538. The highest BCUT2D eigenvalue weighted by atomic mass is 35.5. The SMILES string of the molecule is COc1cc(OC)c(Cl)c(C2(CCCO[Si](C)(C)C(C)(C)C)Cc3cnc(Cl)cc3NC2C=O)c1Cl. The van der Waals surface area contributed by atoms with Gasteiger partial charge in [-0.15, -0.1) is 0 Å². The Balaban J connectivity index is 2.12. The second-order valence-electron chi connectivity index (χ2n) is 10.8. The fourth-order valence-electron chi connectivity index (χ4n) is 4.52. The van der Waals surface area contributed by atoms with Gasteiger partial charge in [-0.05, 0) is 49.0 Å². The van der Waals surface area contributed by atoms with Gasteiger partial charge in [-0.3, -0.25) is 0 Å². The summed E-state index contributed by atoms with van der Waals surface area (Å²) < 4.78 is 17.6. The van der Waals surface area contributed by atoms with Crippen molar-refractivity contribution in [2.45, 2.75) is 69.6 Å². The molecule has 0 bridgehead atoms. The number of halogens is 3. The number of hydrogen-bond acceptors (Lipinski definition) is 6. The first-order chi connectivity index (χ1) is 16.8. The van der Waals surface area contributed by atoms with Crippen LogP contribution in [0, 0.1) is 0 Å². The molecule has 1 aromatic heterocycles. The Labute approximate surface area is 230 Å². The van der Waals surface area contributed by atoms with E-state index in [-0.39, 0.29) is 5.04 Å². The molecule has 2 heterocycles. The van der Waals surface area contributed by atoms with Crippen LogP contribution in [0.2, 0.25) is 33.3 Å². The number of anilines is 1. The number of carbonyl (C=O) groups is 1. The van der Waals surface area contributed by atoms with E-state index in [4.69, 9.17) is 48.7 Å². The van der Waals surface area contributed by atoms with Gasteiger partial charge in [0, 0.05) is 35.5 Å². The first-order valence-corrected chi connectivity index (χ1v) is 16.0. The minimum absolute atomic E-state index is 0.0963. The molecule has 2 unspecified atom stereocenters. The zero-order valence-corrected chi connectivity index (χ0v) is 25.2. The molecule has 0 spiro atoms. The number of methoxy groups -OCH3 is 2. The standard InChI is InChI=1S/C26H35Cl3N2O4Si/c1-25(2,3)36(6,7)35-10-8-9-26(22-23(28)18(33-4)12-19(34-5)24(22)29)13-16-14-30-21(27)11-17(16)31-20(26)15-32/h11-12,14-15,20,31H,8-10,13H2,1-7H3. The number of aldehydes is 1. The summed E-state index contributed by atoms with van der Waals surface area (Å²) in [7, 11) is 1.14. The lowest BCUT2D eigenvalue weighted by atomic mass is 9.65. The molecule has 0 aliphatic carbocycles. The van der Waals surface area contributed by atoms with E-state index in [0.29, 0.717) is 58.1 Å². The molecular formula is C26H35Cl3N2O4Si. The molecule has 1 aromatic carbocycles. The minimum atomic E-state index is -1.94. The predicted molar refractivity (Wildman–Crippen MR) is 150 cm³/mol. The Kier molecular flexibility index (Phi) is 8.94. The van der Waals surface area contributed by atoms with E-state index in [0.717, 1.165) is 17.5 Å². The second kappa shape index (κ2) is 11.1. The number of nitrogens with zero attached hydrogens (tertiary/aromatic N) is 1. The third kappa shape index (κ3) is 5.51. The van der Waals surface area contributed by atoms with E-state index in [9.17, 15) is 4.79 Å². The summed E-state index contributed by atoms with van der Waals surface area (Å²) in [6.07, 6.45) is 4.38. The molecule has 10 heteroatoms. The molecule has 1 aliphatic heterocycles. The number of nitrogens with one attached hydrogen (secondary N) is 1. The van der Waals surface area contributed by atoms with Crippen LogP contribution >= 0.6 is 34.8 Å². The molecule has 3 rings (SSSR count). The van der Waals surface area contributed by atoms with E-state index in [1.54, 1.807) is 18.3 Å². The number of fused-ring (bicyclic) bond motifs is 1. The third-order valence-corrected chi connectivity index (χ3v) is 13.1. The Bertz CT molecular complexity index is 1100. The van der Waals surface area contributed by atoms with Crippen molar-refractivity contribution in [3.05, 3.63) is 44.7 Å². The van der Waals surface area contributed by atoms with Gasteiger partial charge in [0.2, 0.25) is 0 Å². The van der Waals surface area contributed by atoms with Gasteiger partial charge >= 0.3 is 0 Å². The van der Waals surface area contributed by atoms with Gasteiger partial charge in [0.15, 0.2) is 8.32 Å². The van der Waals surface area contributed by atoms with Crippen LogP contribution in [-0.2, 0) is 21.1 Å². The zero-order valence-electron chi connectivity index (χ0n) is 21.9. The Morgan fingerprint density at radius 1 is 1.14 bits per heavy atom.